The molecule has 7 nitrogen and oxygen atoms in total. The Hall–Kier alpha value is -2.80. The fraction of sp³-hybridized carbons (Fsp3) is 0.368. The van der Waals surface area contributed by atoms with Gasteiger partial charge < -0.3 is 20.5 Å². The lowest BCUT2D eigenvalue weighted by Gasteiger charge is -2.23. The molecule has 1 atom stereocenters. The Morgan fingerprint density at radius 1 is 1.12 bits per heavy atom. The van der Waals surface area contributed by atoms with Gasteiger partial charge in [0.15, 0.2) is 0 Å². The topological polar surface area (TPSA) is 99.7 Å². The van der Waals surface area contributed by atoms with E-state index in [9.17, 15) is 10.1 Å². The van der Waals surface area contributed by atoms with Gasteiger partial charge in [-0.25, -0.2) is 0 Å². The van der Waals surface area contributed by atoms with Crippen LogP contribution < -0.4 is 20.5 Å². The number of rotatable bonds is 7. The second-order valence-electron chi connectivity index (χ2n) is 6.34. The van der Waals surface area contributed by atoms with Gasteiger partial charge in [-0.1, -0.05) is 6.42 Å². The zero-order valence-electron chi connectivity index (χ0n) is 14.5. The summed E-state index contributed by atoms with van der Waals surface area (Å²) in [5, 5.41) is 14.3. The summed E-state index contributed by atoms with van der Waals surface area (Å²) in [6.45, 7) is 1.78. The van der Waals surface area contributed by atoms with Gasteiger partial charge in [0.2, 0.25) is 0 Å². The molecule has 0 spiro atoms. The van der Waals surface area contributed by atoms with E-state index in [0.29, 0.717) is 24.1 Å². The van der Waals surface area contributed by atoms with Gasteiger partial charge in [0.1, 0.15) is 22.9 Å². The first-order valence-electron chi connectivity index (χ1n) is 8.80. The molecule has 0 aliphatic carbocycles. The Bertz CT molecular complexity index is 743. The van der Waals surface area contributed by atoms with Crippen molar-refractivity contribution < 1.29 is 14.4 Å². The van der Waals surface area contributed by atoms with E-state index in [0.717, 1.165) is 18.7 Å². The Morgan fingerprint density at radius 2 is 1.85 bits per heavy atom. The number of nitrogen functional groups attached to an aromatic ring is 1. The van der Waals surface area contributed by atoms with Crippen molar-refractivity contribution >= 4 is 11.4 Å². The van der Waals surface area contributed by atoms with Crippen LogP contribution in [0.1, 0.15) is 25.7 Å². The third-order valence-electron chi connectivity index (χ3n) is 4.40. The maximum atomic E-state index is 10.8. The second-order valence-corrected chi connectivity index (χ2v) is 6.34. The van der Waals surface area contributed by atoms with Crippen LogP contribution in [0.15, 0.2) is 42.5 Å². The molecule has 0 bridgehead atoms. The van der Waals surface area contributed by atoms with Gasteiger partial charge in [0.25, 0.3) is 5.69 Å². The number of hydrogen-bond acceptors (Lipinski definition) is 6. The standard InChI is InChI=1S/C19H23N3O4/c20-18-13-17(8-9-19(18)22(23)24)26-16-6-4-15(5-7-16)25-12-10-14-3-1-2-11-21-14/h4-9,13-14,21H,1-3,10-12,20H2. The number of ether oxygens (including phenoxy) is 2. The normalized spacial score (nSPS) is 16.8. The molecule has 138 valence electrons. The summed E-state index contributed by atoms with van der Waals surface area (Å²) in [5.41, 5.74) is 5.61. The molecule has 1 unspecified atom stereocenters. The molecule has 2 aromatic carbocycles. The number of anilines is 1. The molecule has 1 aliphatic rings. The summed E-state index contributed by atoms with van der Waals surface area (Å²) < 4.78 is 11.5. The molecule has 0 saturated carbocycles. The molecule has 1 saturated heterocycles. The average Bonchev–Trinajstić information content (AvgIpc) is 2.64. The van der Waals surface area contributed by atoms with Crippen LogP contribution >= 0.6 is 0 Å². The van der Waals surface area contributed by atoms with Gasteiger partial charge in [0.05, 0.1) is 11.5 Å². The summed E-state index contributed by atoms with van der Waals surface area (Å²) in [4.78, 5) is 10.3. The monoisotopic (exact) mass is 357 g/mol. The Morgan fingerprint density at radius 3 is 2.50 bits per heavy atom. The summed E-state index contributed by atoms with van der Waals surface area (Å²) in [7, 11) is 0. The first-order chi connectivity index (χ1) is 12.6. The number of nitrogens with zero attached hydrogens (tertiary/aromatic N) is 1. The van der Waals surface area contributed by atoms with Crippen molar-refractivity contribution in [3.05, 3.63) is 52.6 Å². The molecule has 0 amide bonds. The van der Waals surface area contributed by atoms with Gasteiger partial charge in [0, 0.05) is 18.2 Å². The Balaban J connectivity index is 1.51. The number of piperidine rings is 1. The smallest absolute Gasteiger partial charge is 0.292 e. The fourth-order valence-electron chi connectivity index (χ4n) is 2.99. The van der Waals surface area contributed by atoms with Crippen molar-refractivity contribution in [2.75, 3.05) is 18.9 Å². The van der Waals surface area contributed by atoms with Crippen molar-refractivity contribution in [1.29, 1.82) is 0 Å². The molecule has 0 radical (unpaired) electrons. The summed E-state index contributed by atoms with van der Waals surface area (Å²) in [5.74, 6) is 1.85. The van der Waals surface area contributed by atoms with Crippen LogP contribution in [0.25, 0.3) is 0 Å². The zero-order chi connectivity index (χ0) is 18.4. The van der Waals surface area contributed by atoms with E-state index < -0.39 is 4.92 Å². The van der Waals surface area contributed by atoms with Crippen LogP contribution in [-0.2, 0) is 0 Å². The van der Waals surface area contributed by atoms with Crippen LogP contribution in [0.2, 0.25) is 0 Å². The summed E-state index contributed by atoms with van der Waals surface area (Å²) in [6, 6.07) is 12.1. The first kappa shape index (κ1) is 18.0. The SMILES string of the molecule is Nc1cc(Oc2ccc(OCCC3CCCCN3)cc2)ccc1[N+](=O)[O-]. The lowest BCUT2D eigenvalue weighted by molar-refractivity contribution is -0.383. The average molecular weight is 357 g/mol. The second kappa shape index (κ2) is 8.53. The van der Waals surface area contributed by atoms with Crippen molar-refractivity contribution in [3.63, 3.8) is 0 Å². The van der Waals surface area contributed by atoms with E-state index in [1.807, 2.05) is 12.1 Å². The number of nitro benzene ring substituents is 1. The first-order valence-corrected chi connectivity index (χ1v) is 8.80. The number of benzene rings is 2. The van der Waals surface area contributed by atoms with Crippen molar-refractivity contribution in [3.8, 4) is 17.2 Å². The lowest BCUT2D eigenvalue weighted by atomic mass is 10.0. The Kier molecular flexibility index (Phi) is 5.91. The fourth-order valence-corrected chi connectivity index (χ4v) is 2.99. The third kappa shape index (κ3) is 4.86. The predicted octanol–water partition coefficient (Wildman–Crippen LogP) is 3.88. The Labute approximate surface area is 152 Å². The van der Waals surface area contributed by atoms with Crippen LogP contribution in [0.5, 0.6) is 17.2 Å². The van der Waals surface area contributed by atoms with Crippen molar-refractivity contribution in [1.82, 2.24) is 5.32 Å². The van der Waals surface area contributed by atoms with Crippen molar-refractivity contribution in [2.24, 2.45) is 0 Å². The molecule has 1 fully saturated rings. The molecule has 2 aromatic rings. The minimum atomic E-state index is -0.520. The van der Waals surface area contributed by atoms with E-state index >= 15 is 0 Å². The van der Waals surface area contributed by atoms with Crippen molar-refractivity contribution in [2.45, 2.75) is 31.7 Å². The van der Waals surface area contributed by atoms with Crippen LogP contribution in [-0.4, -0.2) is 24.1 Å². The molecular formula is C19H23N3O4. The highest BCUT2D eigenvalue weighted by molar-refractivity contribution is 5.61. The summed E-state index contributed by atoms with van der Waals surface area (Å²) >= 11 is 0. The number of nitrogens with two attached hydrogens (primary N) is 1. The van der Waals surface area contributed by atoms with E-state index in [1.54, 1.807) is 12.1 Å². The van der Waals surface area contributed by atoms with Gasteiger partial charge in [-0.15, -0.1) is 0 Å². The van der Waals surface area contributed by atoms with Crippen LogP contribution in [0, 0.1) is 10.1 Å². The molecule has 1 aliphatic heterocycles. The zero-order valence-corrected chi connectivity index (χ0v) is 14.5. The minimum absolute atomic E-state index is 0.0729. The van der Waals surface area contributed by atoms with Gasteiger partial charge >= 0.3 is 0 Å². The molecular weight excluding hydrogens is 334 g/mol. The van der Waals surface area contributed by atoms with E-state index in [4.69, 9.17) is 15.2 Å². The highest BCUT2D eigenvalue weighted by atomic mass is 16.6. The maximum absolute atomic E-state index is 10.8. The summed E-state index contributed by atoms with van der Waals surface area (Å²) in [6.07, 6.45) is 4.77. The minimum Gasteiger partial charge on any atom is -0.494 e. The molecule has 7 heteroatoms. The maximum Gasteiger partial charge on any atom is 0.292 e. The van der Waals surface area contributed by atoms with Crippen LogP contribution in [0.3, 0.4) is 0 Å². The lowest BCUT2D eigenvalue weighted by Crippen LogP contribution is -2.35. The largest absolute Gasteiger partial charge is 0.494 e. The molecule has 26 heavy (non-hydrogen) atoms. The van der Waals surface area contributed by atoms with E-state index in [2.05, 4.69) is 5.32 Å². The molecule has 3 N–H and O–H groups in total. The van der Waals surface area contributed by atoms with Gasteiger partial charge in [-0.3, -0.25) is 10.1 Å². The number of nitro groups is 1. The van der Waals surface area contributed by atoms with E-state index in [1.165, 1.54) is 37.5 Å². The number of nitrogens with one attached hydrogen (secondary N) is 1. The quantitative estimate of drug-likeness (QED) is 0.443. The predicted molar refractivity (Wildman–Crippen MR) is 99.8 cm³/mol. The third-order valence-corrected chi connectivity index (χ3v) is 4.40. The van der Waals surface area contributed by atoms with E-state index in [-0.39, 0.29) is 11.4 Å². The highest BCUT2D eigenvalue weighted by Crippen LogP contribution is 2.30. The van der Waals surface area contributed by atoms with Crippen LogP contribution in [0.4, 0.5) is 11.4 Å². The van der Waals surface area contributed by atoms with Gasteiger partial charge in [-0.2, -0.15) is 0 Å². The van der Waals surface area contributed by atoms with Gasteiger partial charge in [-0.05, 0) is 56.1 Å². The molecule has 3 rings (SSSR count). The molecule has 0 aromatic heterocycles. The number of hydrogen-bond donors (Lipinski definition) is 2. The highest BCUT2D eigenvalue weighted by Gasteiger charge is 2.13. The molecule has 1 heterocycles.